The van der Waals surface area contributed by atoms with Gasteiger partial charge in [-0.2, -0.15) is 0 Å². The third-order valence-electron chi connectivity index (χ3n) is 4.58. The lowest BCUT2D eigenvalue weighted by Crippen LogP contribution is -2.29. The standard InChI is InChI=1S/C21H18ClN3O/c1-14-10-17(22)6-7-19(14)24-18-11-16(12-23-13-18)21(26)25-9-8-15-4-2-3-5-20(15)25/h2-7,10-13,24H,8-9H2,1H3. The third kappa shape index (κ3) is 3.16. The Morgan fingerprint density at radius 3 is 2.85 bits per heavy atom. The van der Waals surface area contributed by atoms with Crippen LogP contribution >= 0.6 is 11.6 Å². The lowest BCUT2D eigenvalue weighted by molar-refractivity contribution is 0.0989. The molecule has 0 atom stereocenters. The minimum absolute atomic E-state index is 0.0288. The molecule has 0 aliphatic carbocycles. The predicted octanol–water partition coefficient (Wildman–Crippen LogP) is 4.99. The Labute approximate surface area is 157 Å². The normalized spacial score (nSPS) is 12.8. The SMILES string of the molecule is Cc1cc(Cl)ccc1Nc1cncc(C(=O)N2CCc3ccccc32)c1. The molecule has 0 radical (unpaired) electrons. The maximum Gasteiger partial charge on any atom is 0.259 e. The number of aromatic nitrogens is 1. The molecule has 2 aromatic carbocycles. The molecule has 1 aliphatic heterocycles. The summed E-state index contributed by atoms with van der Waals surface area (Å²) in [6, 6.07) is 15.5. The number of benzene rings is 2. The number of pyridine rings is 1. The van der Waals surface area contributed by atoms with Gasteiger partial charge in [0.25, 0.3) is 5.91 Å². The molecule has 1 aromatic heterocycles. The molecule has 0 unspecified atom stereocenters. The smallest absolute Gasteiger partial charge is 0.259 e. The van der Waals surface area contributed by atoms with E-state index in [2.05, 4.69) is 16.4 Å². The maximum absolute atomic E-state index is 13.0. The number of anilines is 3. The van der Waals surface area contributed by atoms with Crippen molar-refractivity contribution < 1.29 is 4.79 Å². The number of halogens is 1. The summed E-state index contributed by atoms with van der Waals surface area (Å²) in [5.74, 6) is -0.0288. The number of para-hydroxylation sites is 1. The molecule has 1 aliphatic rings. The van der Waals surface area contributed by atoms with E-state index in [1.54, 1.807) is 12.4 Å². The van der Waals surface area contributed by atoms with E-state index in [1.165, 1.54) is 5.56 Å². The fourth-order valence-electron chi connectivity index (χ4n) is 3.25. The van der Waals surface area contributed by atoms with Gasteiger partial charge in [0.05, 0.1) is 17.4 Å². The number of nitrogens with one attached hydrogen (secondary N) is 1. The van der Waals surface area contributed by atoms with E-state index in [9.17, 15) is 4.79 Å². The summed E-state index contributed by atoms with van der Waals surface area (Å²) in [5, 5.41) is 4.01. The van der Waals surface area contributed by atoms with Crippen LogP contribution in [0.5, 0.6) is 0 Å². The van der Waals surface area contributed by atoms with Crippen molar-refractivity contribution in [2.24, 2.45) is 0 Å². The number of hydrogen-bond acceptors (Lipinski definition) is 3. The van der Waals surface area contributed by atoms with Crippen LogP contribution in [0.25, 0.3) is 0 Å². The molecular formula is C21H18ClN3O. The predicted molar refractivity (Wildman–Crippen MR) is 106 cm³/mol. The zero-order chi connectivity index (χ0) is 18.1. The molecule has 5 heteroatoms. The summed E-state index contributed by atoms with van der Waals surface area (Å²) >= 11 is 6.01. The Balaban J connectivity index is 1.59. The zero-order valence-electron chi connectivity index (χ0n) is 14.4. The van der Waals surface area contributed by atoms with Crippen LogP contribution in [-0.4, -0.2) is 17.4 Å². The maximum atomic E-state index is 13.0. The summed E-state index contributed by atoms with van der Waals surface area (Å²) in [5.41, 5.74) is 5.51. The van der Waals surface area contributed by atoms with E-state index in [0.29, 0.717) is 17.1 Å². The van der Waals surface area contributed by atoms with Crippen LogP contribution in [0.1, 0.15) is 21.5 Å². The van der Waals surface area contributed by atoms with Crippen molar-refractivity contribution in [1.29, 1.82) is 0 Å². The number of rotatable bonds is 3. The fourth-order valence-corrected chi connectivity index (χ4v) is 3.48. The number of carbonyl (C=O) groups excluding carboxylic acids is 1. The molecule has 0 spiro atoms. The highest BCUT2D eigenvalue weighted by molar-refractivity contribution is 6.30. The summed E-state index contributed by atoms with van der Waals surface area (Å²) < 4.78 is 0. The molecule has 0 saturated heterocycles. The Morgan fingerprint density at radius 1 is 1.15 bits per heavy atom. The van der Waals surface area contributed by atoms with Crippen LogP contribution < -0.4 is 10.2 Å². The quantitative estimate of drug-likeness (QED) is 0.713. The average Bonchev–Trinajstić information content (AvgIpc) is 3.08. The van der Waals surface area contributed by atoms with Crippen molar-refractivity contribution in [2.45, 2.75) is 13.3 Å². The highest BCUT2D eigenvalue weighted by atomic mass is 35.5. The van der Waals surface area contributed by atoms with E-state index in [0.717, 1.165) is 29.0 Å². The van der Waals surface area contributed by atoms with Gasteiger partial charge in [0.2, 0.25) is 0 Å². The molecule has 3 aromatic rings. The van der Waals surface area contributed by atoms with Crippen molar-refractivity contribution in [3.8, 4) is 0 Å². The van der Waals surface area contributed by atoms with Crippen molar-refractivity contribution in [3.63, 3.8) is 0 Å². The number of hydrogen-bond donors (Lipinski definition) is 1. The van der Waals surface area contributed by atoms with Crippen molar-refractivity contribution in [1.82, 2.24) is 4.98 Å². The first-order valence-corrected chi connectivity index (χ1v) is 8.87. The minimum Gasteiger partial charge on any atom is -0.354 e. The molecule has 4 rings (SSSR count). The van der Waals surface area contributed by atoms with E-state index in [4.69, 9.17) is 11.6 Å². The van der Waals surface area contributed by atoms with Crippen LogP contribution in [0, 0.1) is 6.92 Å². The van der Waals surface area contributed by atoms with Gasteiger partial charge < -0.3 is 10.2 Å². The van der Waals surface area contributed by atoms with Gasteiger partial charge in [-0.05, 0) is 54.8 Å². The third-order valence-corrected chi connectivity index (χ3v) is 4.82. The highest BCUT2D eigenvalue weighted by Crippen LogP contribution is 2.29. The molecule has 2 heterocycles. The van der Waals surface area contributed by atoms with E-state index in [-0.39, 0.29) is 5.91 Å². The van der Waals surface area contributed by atoms with Gasteiger partial charge >= 0.3 is 0 Å². The average molecular weight is 364 g/mol. The Kier molecular flexibility index (Phi) is 4.35. The second-order valence-electron chi connectivity index (χ2n) is 6.38. The van der Waals surface area contributed by atoms with Crippen LogP contribution in [0.2, 0.25) is 5.02 Å². The second-order valence-corrected chi connectivity index (χ2v) is 6.82. The lowest BCUT2D eigenvalue weighted by atomic mass is 10.1. The number of carbonyl (C=O) groups is 1. The molecule has 130 valence electrons. The molecule has 0 saturated carbocycles. The molecule has 0 fully saturated rings. The first-order valence-electron chi connectivity index (χ1n) is 8.50. The van der Waals surface area contributed by atoms with Gasteiger partial charge in [-0.3, -0.25) is 9.78 Å². The largest absolute Gasteiger partial charge is 0.354 e. The van der Waals surface area contributed by atoms with Gasteiger partial charge in [-0.1, -0.05) is 29.8 Å². The van der Waals surface area contributed by atoms with Crippen LogP contribution in [0.4, 0.5) is 17.1 Å². The molecule has 26 heavy (non-hydrogen) atoms. The Bertz CT molecular complexity index is 986. The van der Waals surface area contributed by atoms with E-state index < -0.39 is 0 Å². The summed E-state index contributed by atoms with van der Waals surface area (Å²) in [4.78, 5) is 19.0. The molecule has 1 N–H and O–H groups in total. The van der Waals surface area contributed by atoms with Crippen molar-refractivity contribution >= 4 is 34.6 Å². The Hall–Kier alpha value is -2.85. The van der Waals surface area contributed by atoms with Crippen LogP contribution in [0.3, 0.4) is 0 Å². The second kappa shape index (κ2) is 6.81. The molecule has 0 bridgehead atoms. The van der Waals surface area contributed by atoms with Gasteiger partial charge in [0.1, 0.15) is 0 Å². The van der Waals surface area contributed by atoms with Gasteiger partial charge in [-0.25, -0.2) is 0 Å². The lowest BCUT2D eigenvalue weighted by Gasteiger charge is -2.18. The minimum atomic E-state index is -0.0288. The van der Waals surface area contributed by atoms with E-state index in [1.807, 2.05) is 54.3 Å². The molecule has 1 amide bonds. The van der Waals surface area contributed by atoms with Crippen LogP contribution in [0.15, 0.2) is 60.9 Å². The summed E-state index contributed by atoms with van der Waals surface area (Å²) in [7, 11) is 0. The number of amides is 1. The fraction of sp³-hybridized carbons (Fsp3) is 0.143. The van der Waals surface area contributed by atoms with E-state index >= 15 is 0 Å². The van der Waals surface area contributed by atoms with Gasteiger partial charge in [0.15, 0.2) is 0 Å². The monoisotopic (exact) mass is 363 g/mol. The topological polar surface area (TPSA) is 45.2 Å². The first-order chi connectivity index (χ1) is 12.6. The highest BCUT2D eigenvalue weighted by Gasteiger charge is 2.25. The molecular weight excluding hydrogens is 346 g/mol. The number of aryl methyl sites for hydroxylation is 1. The van der Waals surface area contributed by atoms with Gasteiger partial charge in [0, 0.05) is 29.1 Å². The van der Waals surface area contributed by atoms with Crippen molar-refractivity contribution in [2.75, 3.05) is 16.8 Å². The number of nitrogens with zero attached hydrogens (tertiary/aromatic N) is 2. The zero-order valence-corrected chi connectivity index (χ0v) is 15.1. The van der Waals surface area contributed by atoms with Crippen molar-refractivity contribution in [3.05, 3.63) is 82.6 Å². The first kappa shape index (κ1) is 16.6. The Morgan fingerprint density at radius 2 is 2.00 bits per heavy atom. The van der Waals surface area contributed by atoms with Gasteiger partial charge in [-0.15, -0.1) is 0 Å². The summed E-state index contributed by atoms with van der Waals surface area (Å²) in [6.45, 7) is 2.68. The summed E-state index contributed by atoms with van der Waals surface area (Å²) in [6.07, 6.45) is 4.21. The number of fused-ring (bicyclic) bond motifs is 1. The van der Waals surface area contributed by atoms with Crippen LogP contribution in [-0.2, 0) is 6.42 Å². The molecule has 4 nitrogen and oxygen atoms in total.